The Morgan fingerprint density at radius 3 is 2.37 bits per heavy atom. The monoisotopic (exact) mass is 608 g/mol. The molecule has 0 fully saturated rings. The molecule has 0 unspecified atom stereocenters. The summed E-state index contributed by atoms with van der Waals surface area (Å²) in [7, 11) is -4.51. The van der Waals surface area contributed by atoms with Crippen LogP contribution in [0.2, 0.25) is 5.15 Å². The Bertz CT molecular complexity index is 1880. The number of fused-ring (bicyclic) bond motifs is 1. The van der Waals surface area contributed by atoms with Gasteiger partial charge in [0.25, 0.3) is 10.0 Å². The first-order valence-electron chi connectivity index (χ1n) is 11.3. The van der Waals surface area contributed by atoms with Gasteiger partial charge in [-0.15, -0.1) is 13.2 Å². The van der Waals surface area contributed by atoms with E-state index in [1.54, 1.807) is 12.1 Å². The van der Waals surface area contributed by atoms with E-state index in [0.29, 0.717) is 28.5 Å². The molecule has 0 atom stereocenters. The van der Waals surface area contributed by atoms with Crippen molar-refractivity contribution < 1.29 is 35.1 Å². The average Bonchev–Trinajstić information content (AvgIpc) is 2.90. The van der Waals surface area contributed by atoms with Crippen molar-refractivity contribution in [2.24, 2.45) is 0 Å². The van der Waals surface area contributed by atoms with E-state index in [1.807, 2.05) is 0 Å². The van der Waals surface area contributed by atoms with Crippen LogP contribution in [0.5, 0.6) is 5.75 Å². The number of rotatable bonds is 7. The number of halogens is 6. The fraction of sp³-hybridized carbons (Fsp3) is 0.0400. The van der Waals surface area contributed by atoms with Crippen LogP contribution in [0.25, 0.3) is 22.3 Å². The zero-order valence-electron chi connectivity index (χ0n) is 20.1. The molecule has 0 aliphatic rings. The van der Waals surface area contributed by atoms with Crippen LogP contribution < -0.4 is 14.8 Å². The molecule has 0 radical (unpaired) electrons. The fourth-order valence-corrected chi connectivity index (χ4v) is 4.95. The van der Waals surface area contributed by atoms with Gasteiger partial charge < -0.3 is 10.1 Å². The van der Waals surface area contributed by atoms with E-state index < -0.39 is 38.7 Å². The number of ether oxygens (including phenoxy) is 1. The largest absolute Gasteiger partial charge is 0.573 e. The maximum absolute atomic E-state index is 14.1. The number of nitrogens with one attached hydrogen (secondary N) is 2. The molecule has 0 saturated carbocycles. The lowest BCUT2D eigenvalue weighted by atomic mass is 10.1. The first-order valence-corrected chi connectivity index (χ1v) is 13.1. The topological polar surface area (TPSA) is 119 Å². The Morgan fingerprint density at radius 2 is 1.66 bits per heavy atom. The number of anilines is 3. The molecule has 3 heterocycles. The van der Waals surface area contributed by atoms with Gasteiger partial charge in [0.2, 0.25) is 0 Å². The van der Waals surface area contributed by atoms with Crippen LogP contribution in [-0.4, -0.2) is 34.7 Å². The SMILES string of the molecule is O=S(=O)(Nc1cc(-c2ccc3ncnc(Nc4ccc(OC(F)(F)F)cc4)c3n2)cnc1Cl)c1ccc(F)cc1F. The molecular weight excluding hydrogens is 595 g/mol. The Kier molecular flexibility index (Phi) is 7.31. The molecule has 5 rings (SSSR count). The van der Waals surface area contributed by atoms with Gasteiger partial charge in [-0.2, -0.15) is 0 Å². The van der Waals surface area contributed by atoms with Crippen molar-refractivity contribution in [3.63, 3.8) is 0 Å². The Hall–Kier alpha value is -4.63. The highest BCUT2D eigenvalue weighted by Crippen LogP contribution is 2.31. The average molecular weight is 609 g/mol. The Balaban J connectivity index is 1.45. The van der Waals surface area contributed by atoms with E-state index in [1.165, 1.54) is 30.7 Å². The lowest BCUT2D eigenvalue weighted by molar-refractivity contribution is -0.274. The molecule has 0 amide bonds. The summed E-state index contributed by atoms with van der Waals surface area (Å²) in [6, 6.07) is 11.5. The van der Waals surface area contributed by atoms with Gasteiger partial charge in [-0.05, 0) is 54.6 Å². The zero-order valence-corrected chi connectivity index (χ0v) is 21.7. The van der Waals surface area contributed by atoms with Crippen LogP contribution in [0.15, 0.2) is 78.1 Å². The molecule has 41 heavy (non-hydrogen) atoms. The maximum atomic E-state index is 14.1. The molecule has 0 aliphatic carbocycles. The van der Waals surface area contributed by atoms with Crippen molar-refractivity contribution in [2.75, 3.05) is 10.0 Å². The summed E-state index contributed by atoms with van der Waals surface area (Å²) < 4.78 is 96.2. The van der Waals surface area contributed by atoms with Crippen molar-refractivity contribution in [1.29, 1.82) is 0 Å². The van der Waals surface area contributed by atoms with Gasteiger partial charge in [-0.25, -0.2) is 37.1 Å². The van der Waals surface area contributed by atoms with Gasteiger partial charge in [0.1, 0.15) is 34.1 Å². The van der Waals surface area contributed by atoms with Crippen molar-refractivity contribution in [3.05, 3.63) is 90.0 Å². The van der Waals surface area contributed by atoms with Gasteiger partial charge in [0.15, 0.2) is 11.0 Å². The van der Waals surface area contributed by atoms with Gasteiger partial charge in [0.05, 0.1) is 16.9 Å². The molecule has 2 N–H and O–H groups in total. The summed E-state index contributed by atoms with van der Waals surface area (Å²) >= 11 is 6.09. The lowest BCUT2D eigenvalue weighted by Gasteiger charge is -2.12. The van der Waals surface area contributed by atoms with Gasteiger partial charge in [-0.1, -0.05) is 11.6 Å². The summed E-state index contributed by atoms with van der Waals surface area (Å²) in [6.07, 6.45) is -2.24. The summed E-state index contributed by atoms with van der Waals surface area (Å²) in [5.74, 6) is -2.43. The molecular formula is C25H14ClF5N6O3S. The summed E-state index contributed by atoms with van der Waals surface area (Å²) in [6.45, 7) is 0. The molecule has 0 aliphatic heterocycles. The Morgan fingerprint density at radius 1 is 0.902 bits per heavy atom. The van der Waals surface area contributed by atoms with E-state index >= 15 is 0 Å². The van der Waals surface area contributed by atoms with E-state index in [9.17, 15) is 30.4 Å². The third-order valence-corrected chi connectivity index (χ3v) is 7.10. The molecule has 0 saturated heterocycles. The normalized spacial score (nSPS) is 11.9. The first-order chi connectivity index (χ1) is 19.4. The van der Waals surface area contributed by atoms with Crippen molar-refractivity contribution >= 4 is 49.9 Å². The number of aromatic nitrogens is 4. The molecule has 16 heteroatoms. The van der Waals surface area contributed by atoms with Gasteiger partial charge >= 0.3 is 6.36 Å². The smallest absolute Gasteiger partial charge is 0.406 e. The highest BCUT2D eigenvalue weighted by atomic mass is 35.5. The second-order valence-electron chi connectivity index (χ2n) is 8.23. The van der Waals surface area contributed by atoms with Crippen LogP contribution >= 0.6 is 11.6 Å². The van der Waals surface area contributed by atoms with E-state index in [4.69, 9.17) is 11.6 Å². The summed E-state index contributed by atoms with van der Waals surface area (Å²) in [4.78, 5) is 16.0. The fourth-order valence-electron chi connectivity index (χ4n) is 3.62. The number of pyridine rings is 2. The quantitative estimate of drug-likeness (QED) is 0.160. The molecule has 9 nitrogen and oxygen atoms in total. The second-order valence-corrected chi connectivity index (χ2v) is 10.2. The molecule has 210 valence electrons. The molecule has 5 aromatic rings. The van der Waals surface area contributed by atoms with Gasteiger partial charge in [0, 0.05) is 23.5 Å². The number of benzene rings is 2. The predicted molar refractivity (Wildman–Crippen MR) is 139 cm³/mol. The Labute approximate surface area is 233 Å². The second kappa shape index (κ2) is 10.7. The van der Waals surface area contributed by atoms with Crippen LogP contribution in [0.3, 0.4) is 0 Å². The van der Waals surface area contributed by atoms with E-state index in [2.05, 4.69) is 34.7 Å². The minimum Gasteiger partial charge on any atom is -0.406 e. The minimum absolute atomic E-state index is 0.196. The number of sulfonamides is 1. The molecule has 0 spiro atoms. The number of nitrogens with zero attached hydrogens (tertiary/aromatic N) is 4. The van der Waals surface area contributed by atoms with Crippen molar-refractivity contribution in [3.8, 4) is 17.0 Å². The molecule has 3 aromatic heterocycles. The zero-order chi connectivity index (χ0) is 29.4. The third kappa shape index (κ3) is 6.41. The van der Waals surface area contributed by atoms with E-state index in [-0.39, 0.29) is 22.2 Å². The number of hydrogen-bond acceptors (Lipinski definition) is 8. The van der Waals surface area contributed by atoms with Crippen molar-refractivity contribution in [2.45, 2.75) is 11.3 Å². The third-order valence-electron chi connectivity index (χ3n) is 5.40. The van der Waals surface area contributed by atoms with Crippen LogP contribution in [0.4, 0.5) is 39.1 Å². The summed E-state index contributed by atoms with van der Waals surface area (Å²) in [5.41, 5.74) is 1.46. The maximum Gasteiger partial charge on any atom is 0.573 e. The van der Waals surface area contributed by atoms with Crippen LogP contribution in [-0.2, 0) is 10.0 Å². The van der Waals surface area contributed by atoms with Crippen LogP contribution in [0, 0.1) is 11.6 Å². The van der Waals surface area contributed by atoms with Crippen molar-refractivity contribution in [1.82, 2.24) is 19.9 Å². The molecule has 0 bridgehead atoms. The highest BCUT2D eigenvalue weighted by Gasteiger charge is 2.31. The molecule has 2 aromatic carbocycles. The highest BCUT2D eigenvalue weighted by molar-refractivity contribution is 7.92. The minimum atomic E-state index is -4.83. The summed E-state index contributed by atoms with van der Waals surface area (Å²) in [5, 5.41) is 2.71. The lowest BCUT2D eigenvalue weighted by Crippen LogP contribution is -2.16. The first kappa shape index (κ1) is 27.9. The van der Waals surface area contributed by atoms with Crippen LogP contribution in [0.1, 0.15) is 0 Å². The van der Waals surface area contributed by atoms with E-state index in [0.717, 1.165) is 24.3 Å². The predicted octanol–water partition coefficient (Wildman–Crippen LogP) is 6.46. The van der Waals surface area contributed by atoms with Gasteiger partial charge in [-0.3, -0.25) is 4.72 Å². The standard InChI is InChI=1S/C25H14ClF5N6O3S/c26-23-20(37-41(38,39)21-8-1-14(27)10-17(21)28)9-13(11-32-23)18-6-7-19-22(36-18)24(34-12-33-19)35-15-2-4-16(5-3-15)40-25(29,30)31/h1-12,37H,(H,33,34,35). The number of alkyl halides is 3. The number of hydrogen-bond donors (Lipinski definition) is 2.